The Hall–Kier alpha value is -3.25. The van der Waals surface area contributed by atoms with E-state index < -0.39 is 0 Å². The molecule has 0 aliphatic rings. The molecule has 2 aromatic carbocycles. The van der Waals surface area contributed by atoms with Gasteiger partial charge in [-0.2, -0.15) is 0 Å². The lowest BCUT2D eigenvalue weighted by Crippen LogP contribution is -2.13. The van der Waals surface area contributed by atoms with Crippen molar-refractivity contribution in [2.75, 3.05) is 24.9 Å². The highest BCUT2D eigenvalue weighted by Gasteiger charge is 2.12. The minimum atomic E-state index is -0.298. The average Bonchev–Trinajstić information content (AvgIpc) is 2.70. The van der Waals surface area contributed by atoms with Gasteiger partial charge >= 0.3 is 0 Å². The fraction of sp³-hybridized carbons (Fsp3) is 0.143. The number of methoxy groups -OCH3 is 2. The van der Waals surface area contributed by atoms with Crippen molar-refractivity contribution in [1.82, 2.24) is 4.98 Å². The smallest absolute Gasteiger partial charge is 0.257 e. The number of carbonyl (C=O) groups excluding carboxylic acids is 1. The van der Waals surface area contributed by atoms with E-state index in [1.165, 1.54) is 13.3 Å². The zero-order valence-corrected chi connectivity index (χ0v) is 16.5. The van der Waals surface area contributed by atoms with Crippen LogP contribution in [-0.2, 0) is 0 Å². The number of amides is 1. The normalized spacial score (nSPS) is 10.3. The van der Waals surface area contributed by atoms with E-state index in [0.717, 1.165) is 11.3 Å². The lowest BCUT2D eigenvalue weighted by Gasteiger charge is -2.12. The van der Waals surface area contributed by atoms with Gasteiger partial charge in [-0.05, 0) is 55.0 Å². The van der Waals surface area contributed by atoms with Crippen molar-refractivity contribution in [1.29, 1.82) is 0 Å². The summed E-state index contributed by atoms with van der Waals surface area (Å²) in [5.41, 5.74) is 2.84. The van der Waals surface area contributed by atoms with E-state index in [1.54, 1.807) is 43.5 Å². The molecule has 1 amide bonds. The number of aryl methyl sites for hydroxylation is 1. The molecule has 3 aromatic rings. The van der Waals surface area contributed by atoms with Crippen molar-refractivity contribution in [2.24, 2.45) is 0 Å². The number of anilines is 3. The predicted octanol–water partition coefficient (Wildman–Crippen LogP) is 5.06. The van der Waals surface area contributed by atoms with Gasteiger partial charge in [-0.3, -0.25) is 4.79 Å². The van der Waals surface area contributed by atoms with Crippen LogP contribution >= 0.6 is 11.6 Å². The van der Waals surface area contributed by atoms with Crippen molar-refractivity contribution in [3.63, 3.8) is 0 Å². The number of rotatable bonds is 6. The van der Waals surface area contributed by atoms with Crippen molar-refractivity contribution in [2.45, 2.75) is 6.92 Å². The van der Waals surface area contributed by atoms with Crippen molar-refractivity contribution in [3.05, 3.63) is 70.9 Å². The molecule has 28 heavy (non-hydrogen) atoms. The number of hydrogen-bond donors (Lipinski definition) is 2. The SMILES string of the molecule is COc1ccc(OC)c(NC(=O)c2ccc(Nc3ccc(Cl)cc3C)nc2)c1. The van der Waals surface area contributed by atoms with Gasteiger partial charge in [-0.1, -0.05) is 11.6 Å². The van der Waals surface area contributed by atoms with Crippen LogP contribution in [0.25, 0.3) is 0 Å². The van der Waals surface area contributed by atoms with Crippen LogP contribution in [0, 0.1) is 6.92 Å². The molecule has 0 radical (unpaired) electrons. The Morgan fingerprint density at radius 3 is 2.46 bits per heavy atom. The van der Waals surface area contributed by atoms with E-state index in [-0.39, 0.29) is 5.91 Å². The summed E-state index contributed by atoms with van der Waals surface area (Å²) in [4.78, 5) is 16.9. The molecule has 0 bridgehead atoms. The van der Waals surface area contributed by atoms with Gasteiger partial charge in [0.1, 0.15) is 17.3 Å². The van der Waals surface area contributed by atoms with Crippen LogP contribution in [0.1, 0.15) is 15.9 Å². The molecule has 1 aromatic heterocycles. The lowest BCUT2D eigenvalue weighted by molar-refractivity contribution is 0.102. The second-order valence-electron chi connectivity index (χ2n) is 6.04. The molecule has 6 nitrogen and oxygen atoms in total. The minimum absolute atomic E-state index is 0.298. The first-order valence-corrected chi connectivity index (χ1v) is 8.90. The van der Waals surface area contributed by atoms with Crippen LogP contribution in [0.4, 0.5) is 17.2 Å². The molecule has 0 fully saturated rings. The van der Waals surface area contributed by atoms with Gasteiger partial charge in [0.2, 0.25) is 0 Å². The molecule has 7 heteroatoms. The number of benzene rings is 2. The van der Waals surface area contributed by atoms with Crippen molar-refractivity contribution in [3.8, 4) is 11.5 Å². The standard InChI is InChI=1S/C21H20ClN3O3/c1-13-10-15(22)5-7-17(13)24-20-9-4-14(12-23-20)21(26)25-18-11-16(27-2)6-8-19(18)28-3/h4-12H,1-3H3,(H,23,24)(H,25,26). The third kappa shape index (κ3) is 4.53. The highest BCUT2D eigenvalue weighted by molar-refractivity contribution is 6.30. The summed E-state index contributed by atoms with van der Waals surface area (Å²) in [6, 6.07) is 14.2. The number of nitrogens with zero attached hydrogens (tertiary/aromatic N) is 1. The fourth-order valence-electron chi connectivity index (χ4n) is 2.61. The number of halogens is 1. The van der Waals surface area contributed by atoms with Crippen LogP contribution in [0.2, 0.25) is 5.02 Å². The summed E-state index contributed by atoms with van der Waals surface area (Å²) in [5, 5.41) is 6.71. The van der Waals surface area contributed by atoms with Gasteiger partial charge in [0.05, 0.1) is 25.5 Å². The average molecular weight is 398 g/mol. The van der Waals surface area contributed by atoms with E-state index in [4.69, 9.17) is 21.1 Å². The summed E-state index contributed by atoms with van der Waals surface area (Å²) in [6.45, 7) is 1.96. The maximum atomic E-state index is 12.6. The number of hydrogen-bond acceptors (Lipinski definition) is 5. The maximum Gasteiger partial charge on any atom is 0.257 e. The molecule has 0 atom stereocenters. The Bertz CT molecular complexity index is 991. The highest BCUT2D eigenvalue weighted by Crippen LogP contribution is 2.29. The molecule has 0 saturated heterocycles. The Balaban J connectivity index is 1.73. The van der Waals surface area contributed by atoms with Crippen LogP contribution < -0.4 is 20.1 Å². The van der Waals surface area contributed by atoms with Crippen LogP contribution in [0.3, 0.4) is 0 Å². The molecule has 2 N–H and O–H groups in total. The summed E-state index contributed by atoms with van der Waals surface area (Å²) in [7, 11) is 3.10. The molecule has 3 rings (SSSR count). The zero-order chi connectivity index (χ0) is 20.1. The number of pyridine rings is 1. The lowest BCUT2D eigenvalue weighted by atomic mass is 10.2. The largest absolute Gasteiger partial charge is 0.497 e. The summed E-state index contributed by atoms with van der Waals surface area (Å²) >= 11 is 5.98. The molecule has 0 aliphatic heterocycles. The van der Waals surface area contributed by atoms with Gasteiger partial charge in [0, 0.05) is 23.0 Å². The second-order valence-corrected chi connectivity index (χ2v) is 6.47. The Labute approximate surface area is 168 Å². The van der Waals surface area contributed by atoms with E-state index in [2.05, 4.69) is 15.6 Å². The minimum Gasteiger partial charge on any atom is -0.497 e. The number of ether oxygens (including phenoxy) is 2. The van der Waals surface area contributed by atoms with E-state index in [9.17, 15) is 4.79 Å². The number of carbonyl (C=O) groups is 1. The fourth-order valence-corrected chi connectivity index (χ4v) is 2.84. The Morgan fingerprint density at radius 2 is 1.82 bits per heavy atom. The molecular weight excluding hydrogens is 378 g/mol. The maximum absolute atomic E-state index is 12.6. The molecule has 0 spiro atoms. The topological polar surface area (TPSA) is 72.5 Å². The first-order valence-electron chi connectivity index (χ1n) is 8.53. The first kappa shape index (κ1) is 19.5. The van der Waals surface area contributed by atoms with Gasteiger partial charge in [-0.25, -0.2) is 4.98 Å². The quantitative estimate of drug-likeness (QED) is 0.608. The van der Waals surface area contributed by atoms with Gasteiger partial charge in [0.25, 0.3) is 5.91 Å². The van der Waals surface area contributed by atoms with Crippen LogP contribution in [-0.4, -0.2) is 25.1 Å². The third-order valence-corrected chi connectivity index (χ3v) is 4.37. The zero-order valence-electron chi connectivity index (χ0n) is 15.7. The van der Waals surface area contributed by atoms with Gasteiger partial charge in [0.15, 0.2) is 0 Å². The molecular formula is C21H20ClN3O3. The second kappa shape index (κ2) is 8.63. The summed E-state index contributed by atoms with van der Waals surface area (Å²) in [6.07, 6.45) is 1.51. The van der Waals surface area contributed by atoms with E-state index in [1.807, 2.05) is 19.1 Å². The molecule has 0 aliphatic carbocycles. The molecule has 1 heterocycles. The van der Waals surface area contributed by atoms with E-state index >= 15 is 0 Å². The van der Waals surface area contributed by atoms with Crippen LogP contribution in [0.5, 0.6) is 11.5 Å². The third-order valence-electron chi connectivity index (χ3n) is 4.13. The molecule has 0 saturated carbocycles. The molecule has 144 valence electrons. The van der Waals surface area contributed by atoms with Crippen molar-refractivity contribution >= 4 is 34.7 Å². The number of nitrogens with one attached hydrogen (secondary N) is 2. The summed E-state index contributed by atoms with van der Waals surface area (Å²) in [5.74, 6) is 1.49. The predicted molar refractivity (Wildman–Crippen MR) is 111 cm³/mol. The Kier molecular flexibility index (Phi) is 6.01. The number of aromatic nitrogens is 1. The van der Waals surface area contributed by atoms with Crippen molar-refractivity contribution < 1.29 is 14.3 Å². The summed E-state index contributed by atoms with van der Waals surface area (Å²) < 4.78 is 10.5. The van der Waals surface area contributed by atoms with Crippen LogP contribution in [0.15, 0.2) is 54.7 Å². The molecule has 0 unspecified atom stereocenters. The van der Waals surface area contributed by atoms with Gasteiger partial charge in [-0.15, -0.1) is 0 Å². The van der Waals surface area contributed by atoms with Gasteiger partial charge < -0.3 is 20.1 Å². The Morgan fingerprint density at radius 1 is 1.00 bits per heavy atom. The monoisotopic (exact) mass is 397 g/mol. The highest BCUT2D eigenvalue weighted by atomic mass is 35.5. The van der Waals surface area contributed by atoms with E-state index in [0.29, 0.717) is 33.6 Å². The first-order chi connectivity index (χ1) is 13.5.